The summed E-state index contributed by atoms with van der Waals surface area (Å²) in [7, 11) is -3.54. The molecule has 0 bridgehead atoms. The van der Waals surface area contributed by atoms with Gasteiger partial charge in [0.1, 0.15) is 0 Å². The van der Waals surface area contributed by atoms with Crippen LogP contribution in [0.25, 0.3) is 0 Å². The molecule has 0 atom stereocenters. The highest BCUT2D eigenvalue weighted by molar-refractivity contribution is 7.89. The highest BCUT2D eigenvalue weighted by atomic mass is 32.2. The van der Waals surface area contributed by atoms with Crippen LogP contribution in [0.4, 0.5) is 0 Å². The highest BCUT2D eigenvalue weighted by Gasteiger charge is 2.32. The van der Waals surface area contributed by atoms with Gasteiger partial charge < -0.3 is 10.3 Å². The molecule has 2 heterocycles. The molecule has 0 unspecified atom stereocenters. The standard InChI is InChI=1S/C16H20N4O3S/c21-16(18-10-13-4-2-1-3-5-13)14-6-8-20(9-7-14)24(22,23)15-11-17-12-19-15/h1-5,11-12,14H,6-10H2,(H,17,19)(H,18,21). The van der Waals surface area contributed by atoms with E-state index in [2.05, 4.69) is 15.3 Å². The molecule has 3 rings (SSSR count). The van der Waals surface area contributed by atoms with E-state index in [0.29, 0.717) is 32.5 Å². The third kappa shape index (κ3) is 3.65. The third-order valence-corrected chi connectivity index (χ3v) is 6.05. The van der Waals surface area contributed by atoms with Gasteiger partial charge >= 0.3 is 0 Å². The molecule has 24 heavy (non-hydrogen) atoms. The molecule has 1 aromatic carbocycles. The lowest BCUT2D eigenvalue weighted by Gasteiger charge is -2.30. The predicted molar refractivity (Wildman–Crippen MR) is 88.4 cm³/mol. The van der Waals surface area contributed by atoms with Gasteiger partial charge in [0.05, 0.1) is 12.5 Å². The summed E-state index contributed by atoms with van der Waals surface area (Å²) in [5.74, 6) is -0.167. The minimum atomic E-state index is -3.54. The van der Waals surface area contributed by atoms with Crippen LogP contribution in [0.2, 0.25) is 0 Å². The number of nitrogens with one attached hydrogen (secondary N) is 2. The summed E-state index contributed by atoms with van der Waals surface area (Å²) in [5.41, 5.74) is 1.05. The summed E-state index contributed by atoms with van der Waals surface area (Å²) < 4.78 is 26.2. The number of hydrogen-bond donors (Lipinski definition) is 2. The highest BCUT2D eigenvalue weighted by Crippen LogP contribution is 2.22. The molecule has 0 saturated carbocycles. The van der Waals surface area contributed by atoms with E-state index in [0.717, 1.165) is 5.56 Å². The molecular weight excluding hydrogens is 328 g/mol. The van der Waals surface area contributed by atoms with Gasteiger partial charge in [-0.25, -0.2) is 13.4 Å². The van der Waals surface area contributed by atoms with Crippen molar-refractivity contribution >= 4 is 15.9 Å². The van der Waals surface area contributed by atoms with Crippen molar-refractivity contribution in [2.45, 2.75) is 24.4 Å². The summed E-state index contributed by atoms with van der Waals surface area (Å²) in [5, 5.41) is 3.02. The Kier molecular flexibility index (Phi) is 4.96. The maximum Gasteiger partial charge on any atom is 0.260 e. The van der Waals surface area contributed by atoms with Gasteiger partial charge in [0, 0.05) is 25.6 Å². The molecule has 1 aliphatic rings. The molecule has 8 heteroatoms. The van der Waals surface area contributed by atoms with E-state index in [9.17, 15) is 13.2 Å². The number of carbonyl (C=O) groups is 1. The van der Waals surface area contributed by atoms with Crippen LogP contribution in [-0.2, 0) is 21.4 Å². The van der Waals surface area contributed by atoms with Gasteiger partial charge in [-0.15, -0.1) is 0 Å². The minimum Gasteiger partial charge on any atom is -0.352 e. The number of benzene rings is 1. The molecular formula is C16H20N4O3S. The summed E-state index contributed by atoms with van der Waals surface area (Å²) in [6, 6.07) is 9.71. The number of piperidine rings is 1. The van der Waals surface area contributed by atoms with Crippen molar-refractivity contribution in [1.29, 1.82) is 0 Å². The number of H-pyrrole nitrogens is 1. The van der Waals surface area contributed by atoms with Crippen molar-refractivity contribution in [2.75, 3.05) is 13.1 Å². The Morgan fingerprint density at radius 2 is 1.96 bits per heavy atom. The van der Waals surface area contributed by atoms with Crippen LogP contribution >= 0.6 is 0 Å². The first kappa shape index (κ1) is 16.7. The Balaban J connectivity index is 1.52. The summed E-state index contributed by atoms with van der Waals surface area (Å²) in [4.78, 5) is 18.6. The van der Waals surface area contributed by atoms with E-state index in [4.69, 9.17) is 0 Å². The van der Waals surface area contributed by atoms with Crippen LogP contribution in [0, 0.1) is 5.92 Å². The lowest BCUT2D eigenvalue weighted by atomic mass is 9.97. The van der Waals surface area contributed by atoms with E-state index >= 15 is 0 Å². The summed E-state index contributed by atoms with van der Waals surface area (Å²) in [6.07, 6.45) is 3.69. The number of imidazole rings is 1. The average Bonchev–Trinajstić information content (AvgIpc) is 3.16. The Labute approximate surface area is 141 Å². The first-order chi connectivity index (χ1) is 11.6. The second-order valence-corrected chi connectivity index (χ2v) is 7.70. The second-order valence-electron chi connectivity index (χ2n) is 5.80. The Morgan fingerprint density at radius 1 is 1.25 bits per heavy atom. The second kappa shape index (κ2) is 7.14. The summed E-state index contributed by atoms with van der Waals surface area (Å²) >= 11 is 0. The van der Waals surface area contributed by atoms with E-state index in [1.54, 1.807) is 0 Å². The van der Waals surface area contributed by atoms with Crippen molar-refractivity contribution in [1.82, 2.24) is 19.6 Å². The topological polar surface area (TPSA) is 95.2 Å². The zero-order valence-corrected chi connectivity index (χ0v) is 14.0. The van der Waals surface area contributed by atoms with Gasteiger partial charge in [0.2, 0.25) is 5.91 Å². The van der Waals surface area contributed by atoms with Crippen molar-refractivity contribution in [2.24, 2.45) is 5.92 Å². The molecule has 0 radical (unpaired) electrons. The van der Waals surface area contributed by atoms with Crippen LogP contribution in [-0.4, -0.2) is 41.7 Å². The zero-order valence-electron chi connectivity index (χ0n) is 13.2. The molecule has 1 amide bonds. The molecule has 1 saturated heterocycles. The number of nitrogens with zero attached hydrogens (tertiary/aromatic N) is 2. The smallest absolute Gasteiger partial charge is 0.260 e. The maximum atomic E-state index is 12.4. The molecule has 128 valence electrons. The number of aromatic nitrogens is 2. The lowest BCUT2D eigenvalue weighted by molar-refractivity contribution is -0.126. The Morgan fingerprint density at radius 3 is 2.58 bits per heavy atom. The zero-order chi connectivity index (χ0) is 17.0. The van der Waals surface area contributed by atoms with Crippen LogP contribution in [0.1, 0.15) is 18.4 Å². The maximum absolute atomic E-state index is 12.4. The monoisotopic (exact) mass is 348 g/mol. The largest absolute Gasteiger partial charge is 0.352 e. The molecule has 1 fully saturated rings. The first-order valence-corrected chi connectivity index (χ1v) is 9.31. The SMILES string of the molecule is O=C(NCc1ccccc1)C1CCN(S(=O)(=O)c2cnc[nH]2)CC1. The van der Waals surface area contributed by atoms with Gasteiger partial charge in [-0.05, 0) is 18.4 Å². The normalized spacial score (nSPS) is 16.8. The fourth-order valence-electron chi connectivity index (χ4n) is 2.81. The van der Waals surface area contributed by atoms with Gasteiger partial charge in [-0.3, -0.25) is 4.79 Å². The molecule has 0 aliphatic carbocycles. The van der Waals surface area contributed by atoms with Crippen molar-refractivity contribution in [3.05, 3.63) is 48.4 Å². The molecule has 1 aromatic heterocycles. The number of hydrogen-bond acceptors (Lipinski definition) is 4. The average molecular weight is 348 g/mol. The first-order valence-electron chi connectivity index (χ1n) is 7.87. The van der Waals surface area contributed by atoms with Crippen molar-refractivity contribution < 1.29 is 13.2 Å². The summed E-state index contributed by atoms with van der Waals surface area (Å²) in [6.45, 7) is 1.17. The van der Waals surface area contributed by atoms with Crippen LogP contribution in [0.15, 0.2) is 47.9 Å². The van der Waals surface area contributed by atoms with E-state index < -0.39 is 10.0 Å². The van der Waals surface area contributed by atoms with E-state index in [1.807, 2.05) is 30.3 Å². The van der Waals surface area contributed by atoms with Crippen molar-refractivity contribution in [3.63, 3.8) is 0 Å². The third-order valence-electron chi connectivity index (χ3n) is 4.23. The molecule has 7 nitrogen and oxygen atoms in total. The number of aromatic amines is 1. The van der Waals surface area contributed by atoms with Crippen LogP contribution in [0.3, 0.4) is 0 Å². The fraction of sp³-hybridized carbons (Fsp3) is 0.375. The van der Waals surface area contributed by atoms with Crippen LogP contribution in [0.5, 0.6) is 0 Å². The fourth-order valence-corrected chi connectivity index (χ4v) is 4.18. The number of rotatable bonds is 5. The Bertz CT molecular complexity index is 767. The van der Waals surface area contributed by atoms with Gasteiger partial charge in [0.25, 0.3) is 10.0 Å². The molecule has 2 N–H and O–H groups in total. The van der Waals surface area contributed by atoms with E-state index in [-0.39, 0.29) is 16.9 Å². The van der Waals surface area contributed by atoms with Crippen LogP contribution < -0.4 is 5.32 Å². The molecule has 1 aliphatic heterocycles. The van der Waals surface area contributed by atoms with Gasteiger partial charge in [-0.2, -0.15) is 4.31 Å². The number of amides is 1. The van der Waals surface area contributed by atoms with Gasteiger partial charge in [-0.1, -0.05) is 30.3 Å². The Hall–Kier alpha value is -2.19. The number of carbonyl (C=O) groups excluding carboxylic acids is 1. The predicted octanol–water partition coefficient (Wildman–Crippen LogP) is 1.13. The van der Waals surface area contributed by atoms with E-state index in [1.165, 1.54) is 16.8 Å². The molecule has 0 spiro atoms. The van der Waals surface area contributed by atoms with Gasteiger partial charge in [0.15, 0.2) is 5.03 Å². The minimum absolute atomic E-state index is 0.0163. The molecule has 2 aromatic rings. The lowest BCUT2D eigenvalue weighted by Crippen LogP contribution is -2.42. The quantitative estimate of drug-likeness (QED) is 0.847. The van der Waals surface area contributed by atoms with Crippen molar-refractivity contribution in [3.8, 4) is 0 Å². The number of sulfonamides is 1.